The lowest BCUT2D eigenvalue weighted by Gasteiger charge is -2.19. The molecular formula is C14H30O4S. The summed E-state index contributed by atoms with van der Waals surface area (Å²) < 4.78 is 30.2. The summed E-state index contributed by atoms with van der Waals surface area (Å²) >= 11 is 0. The normalized spacial score (nSPS) is 15.4. The number of rotatable bonds is 12. The standard InChI is InChI=1S/C14H30O4S/c1-3-5-7-8-10-13(9-6-4-2)11-14(15)12-19(16,17)18/h13-15H,3-12H2,1-2H3,(H,16,17,18). The molecule has 5 heteroatoms. The minimum atomic E-state index is -4.07. The van der Waals surface area contributed by atoms with E-state index in [0.717, 1.165) is 32.1 Å². The second-order valence-electron chi connectivity index (χ2n) is 5.50. The smallest absolute Gasteiger partial charge is 0.267 e. The average Bonchev–Trinajstić information content (AvgIpc) is 2.28. The van der Waals surface area contributed by atoms with Crippen molar-refractivity contribution in [3.05, 3.63) is 0 Å². The molecule has 0 aromatic rings. The van der Waals surface area contributed by atoms with Crippen LogP contribution in [0.3, 0.4) is 0 Å². The summed E-state index contributed by atoms with van der Waals surface area (Å²) in [5.41, 5.74) is 0. The van der Waals surface area contributed by atoms with Gasteiger partial charge in [0.1, 0.15) is 5.75 Å². The zero-order valence-electron chi connectivity index (χ0n) is 12.3. The number of hydrogen-bond donors (Lipinski definition) is 2. The van der Waals surface area contributed by atoms with Crippen LogP contribution in [0.1, 0.15) is 71.6 Å². The molecule has 4 nitrogen and oxygen atoms in total. The van der Waals surface area contributed by atoms with Gasteiger partial charge in [0.25, 0.3) is 10.1 Å². The number of hydrogen-bond acceptors (Lipinski definition) is 3. The van der Waals surface area contributed by atoms with Gasteiger partial charge in [-0.25, -0.2) is 0 Å². The lowest BCUT2D eigenvalue weighted by Crippen LogP contribution is -2.23. The van der Waals surface area contributed by atoms with E-state index in [1.165, 1.54) is 19.3 Å². The summed E-state index contributed by atoms with van der Waals surface area (Å²) in [6.07, 6.45) is 8.60. The van der Waals surface area contributed by atoms with Crippen molar-refractivity contribution in [1.82, 2.24) is 0 Å². The summed E-state index contributed by atoms with van der Waals surface area (Å²) in [6, 6.07) is 0. The van der Waals surface area contributed by atoms with E-state index in [9.17, 15) is 13.5 Å². The van der Waals surface area contributed by atoms with Crippen molar-refractivity contribution < 1.29 is 18.1 Å². The molecule has 2 atom stereocenters. The number of unbranched alkanes of at least 4 members (excludes halogenated alkanes) is 4. The van der Waals surface area contributed by atoms with Crippen LogP contribution in [0.5, 0.6) is 0 Å². The first-order chi connectivity index (χ1) is 8.89. The number of aliphatic hydroxyl groups excluding tert-OH is 1. The Labute approximate surface area is 118 Å². The molecule has 0 aliphatic heterocycles. The van der Waals surface area contributed by atoms with Crippen molar-refractivity contribution >= 4 is 10.1 Å². The van der Waals surface area contributed by atoms with Crippen LogP contribution in [0.4, 0.5) is 0 Å². The fraction of sp³-hybridized carbons (Fsp3) is 1.00. The van der Waals surface area contributed by atoms with Crippen LogP contribution in [0.25, 0.3) is 0 Å². The van der Waals surface area contributed by atoms with Crippen LogP contribution in [0.15, 0.2) is 0 Å². The molecule has 0 aromatic heterocycles. The Bertz CT molecular complexity index is 301. The predicted molar refractivity (Wildman–Crippen MR) is 78.8 cm³/mol. The molecule has 116 valence electrons. The Hall–Kier alpha value is -0.130. The minimum absolute atomic E-state index is 0.369. The Morgan fingerprint density at radius 1 is 0.947 bits per heavy atom. The molecule has 0 aliphatic carbocycles. The zero-order chi connectivity index (χ0) is 14.7. The maximum atomic E-state index is 10.7. The molecule has 2 N–H and O–H groups in total. The molecule has 2 unspecified atom stereocenters. The SMILES string of the molecule is CCCCCCC(CCCC)CC(O)CS(=O)(=O)O. The molecule has 0 saturated carbocycles. The first kappa shape index (κ1) is 18.9. The molecule has 0 saturated heterocycles. The molecule has 0 rings (SSSR count). The van der Waals surface area contributed by atoms with Crippen molar-refractivity contribution in [3.63, 3.8) is 0 Å². The van der Waals surface area contributed by atoms with Crippen LogP contribution >= 0.6 is 0 Å². The zero-order valence-corrected chi connectivity index (χ0v) is 13.2. The average molecular weight is 294 g/mol. The quantitative estimate of drug-likeness (QED) is 0.427. The Morgan fingerprint density at radius 3 is 2.05 bits per heavy atom. The van der Waals surface area contributed by atoms with Gasteiger partial charge < -0.3 is 5.11 Å². The lowest BCUT2D eigenvalue weighted by atomic mass is 9.90. The van der Waals surface area contributed by atoms with Gasteiger partial charge in [-0.1, -0.05) is 65.2 Å². The largest absolute Gasteiger partial charge is 0.392 e. The first-order valence-electron chi connectivity index (χ1n) is 7.52. The minimum Gasteiger partial charge on any atom is -0.392 e. The van der Waals surface area contributed by atoms with E-state index in [4.69, 9.17) is 4.55 Å². The summed E-state index contributed by atoms with van der Waals surface area (Å²) in [6.45, 7) is 4.30. The van der Waals surface area contributed by atoms with Crippen LogP contribution in [-0.4, -0.2) is 29.9 Å². The first-order valence-corrected chi connectivity index (χ1v) is 9.13. The fourth-order valence-electron chi connectivity index (χ4n) is 2.43. The summed E-state index contributed by atoms with van der Waals surface area (Å²) in [4.78, 5) is 0. The van der Waals surface area contributed by atoms with Crippen LogP contribution in [0, 0.1) is 5.92 Å². The molecule has 0 fully saturated rings. The maximum absolute atomic E-state index is 10.7. The molecular weight excluding hydrogens is 264 g/mol. The number of aliphatic hydroxyl groups is 1. The van der Waals surface area contributed by atoms with Gasteiger partial charge in [0, 0.05) is 0 Å². The summed E-state index contributed by atoms with van der Waals surface area (Å²) in [7, 11) is -4.07. The van der Waals surface area contributed by atoms with E-state index in [1.54, 1.807) is 0 Å². The third-order valence-corrected chi connectivity index (χ3v) is 4.25. The van der Waals surface area contributed by atoms with Crippen molar-refractivity contribution in [3.8, 4) is 0 Å². The van der Waals surface area contributed by atoms with Crippen molar-refractivity contribution in [1.29, 1.82) is 0 Å². The van der Waals surface area contributed by atoms with E-state index in [0.29, 0.717) is 12.3 Å². The molecule has 19 heavy (non-hydrogen) atoms. The second-order valence-corrected chi connectivity index (χ2v) is 6.99. The van der Waals surface area contributed by atoms with E-state index >= 15 is 0 Å². The highest BCUT2D eigenvalue weighted by Gasteiger charge is 2.19. The predicted octanol–water partition coefficient (Wildman–Crippen LogP) is 3.40. The van der Waals surface area contributed by atoms with Gasteiger partial charge in [0.2, 0.25) is 0 Å². The van der Waals surface area contributed by atoms with Gasteiger partial charge in [-0.15, -0.1) is 0 Å². The molecule has 0 amide bonds. The van der Waals surface area contributed by atoms with Gasteiger partial charge in [-0.3, -0.25) is 4.55 Å². The summed E-state index contributed by atoms with van der Waals surface area (Å²) in [5.74, 6) is -0.168. The van der Waals surface area contributed by atoms with Crippen LogP contribution in [-0.2, 0) is 10.1 Å². The van der Waals surface area contributed by atoms with Crippen LogP contribution in [0.2, 0.25) is 0 Å². The fourth-order valence-corrected chi connectivity index (χ4v) is 3.05. The molecule has 0 heterocycles. The monoisotopic (exact) mass is 294 g/mol. The third-order valence-electron chi connectivity index (χ3n) is 3.44. The van der Waals surface area contributed by atoms with E-state index in [2.05, 4.69) is 13.8 Å². The topological polar surface area (TPSA) is 74.6 Å². The van der Waals surface area contributed by atoms with Crippen molar-refractivity contribution in [2.24, 2.45) is 5.92 Å². The molecule has 0 aliphatic rings. The highest BCUT2D eigenvalue weighted by atomic mass is 32.2. The maximum Gasteiger partial charge on any atom is 0.267 e. The third kappa shape index (κ3) is 12.6. The van der Waals surface area contributed by atoms with E-state index in [-0.39, 0.29) is 0 Å². The molecule has 0 radical (unpaired) electrons. The Balaban J connectivity index is 4.09. The molecule has 0 bridgehead atoms. The van der Waals surface area contributed by atoms with Crippen molar-refractivity contribution in [2.75, 3.05) is 5.75 Å². The summed E-state index contributed by atoms with van der Waals surface area (Å²) in [5, 5.41) is 9.72. The van der Waals surface area contributed by atoms with Crippen LogP contribution < -0.4 is 0 Å². The van der Waals surface area contributed by atoms with Gasteiger partial charge in [0.15, 0.2) is 0 Å². The van der Waals surface area contributed by atoms with E-state index in [1.807, 2.05) is 0 Å². The van der Waals surface area contributed by atoms with Crippen molar-refractivity contribution in [2.45, 2.75) is 77.7 Å². The van der Waals surface area contributed by atoms with Gasteiger partial charge >= 0.3 is 0 Å². The van der Waals surface area contributed by atoms with Gasteiger partial charge in [-0.05, 0) is 12.3 Å². The molecule has 0 spiro atoms. The van der Waals surface area contributed by atoms with Gasteiger partial charge in [0.05, 0.1) is 6.10 Å². The lowest BCUT2D eigenvalue weighted by molar-refractivity contribution is 0.153. The highest BCUT2D eigenvalue weighted by molar-refractivity contribution is 7.85. The highest BCUT2D eigenvalue weighted by Crippen LogP contribution is 2.22. The Kier molecular flexibility index (Phi) is 10.6. The van der Waals surface area contributed by atoms with E-state index < -0.39 is 22.0 Å². The second kappa shape index (κ2) is 10.6. The molecule has 0 aromatic carbocycles. The van der Waals surface area contributed by atoms with Gasteiger partial charge in [-0.2, -0.15) is 8.42 Å². The Morgan fingerprint density at radius 2 is 1.53 bits per heavy atom.